The molecule has 4 rings (SSSR count). The largest absolute Gasteiger partial charge is 0.352 e. The summed E-state index contributed by atoms with van der Waals surface area (Å²) in [5.74, 6) is 0.290. The van der Waals surface area contributed by atoms with Gasteiger partial charge >= 0.3 is 0 Å². The van der Waals surface area contributed by atoms with E-state index in [0.29, 0.717) is 12.6 Å². The van der Waals surface area contributed by atoms with Gasteiger partial charge in [-0.05, 0) is 43.9 Å². The molecule has 0 radical (unpaired) electrons. The second kappa shape index (κ2) is 9.30. The van der Waals surface area contributed by atoms with Crippen molar-refractivity contribution < 1.29 is 4.79 Å². The number of hydrogen-bond donors (Lipinski definition) is 2. The lowest BCUT2D eigenvalue weighted by atomic mass is 9.93. The Hall–Kier alpha value is -2.25. The van der Waals surface area contributed by atoms with Gasteiger partial charge in [-0.2, -0.15) is 0 Å². The van der Waals surface area contributed by atoms with Gasteiger partial charge in [0.2, 0.25) is 5.91 Å². The van der Waals surface area contributed by atoms with Gasteiger partial charge in [0.15, 0.2) is 0 Å². The summed E-state index contributed by atoms with van der Waals surface area (Å²) in [7, 11) is 0. The van der Waals surface area contributed by atoms with E-state index in [1.807, 2.05) is 24.5 Å². The fraction of sp³-hybridized carbons (Fsp3) is 0.571. The average Bonchev–Trinajstić information content (AvgIpc) is 3.26. The molecule has 1 amide bonds. The highest BCUT2D eigenvalue weighted by molar-refractivity contribution is 5.78. The van der Waals surface area contributed by atoms with Crippen LogP contribution in [-0.2, 0) is 17.9 Å². The summed E-state index contributed by atoms with van der Waals surface area (Å²) >= 11 is 0. The minimum Gasteiger partial charge on any atom is -0.352 e. The van der Waals surface area contributed by atoms with E-state index in [-0.39, 0.29) is 11.8 Å². The Morgan fingerprint density at radius 3 is 2.82 bits per heavy atom. The molecule has 7 heteroatoms. The zero-order valence-electron chi connectivity index (χ0n) is 16.4. The monoisotopic (exact) mass is 382 g/mol. The van der Waals surface area contributed by atoms with Crippen LogP contribution in [0.15, 0.2) is 37.1 Å². The maximum absolute atomic E-state index is 12.7. The zero-order valence-corrected chi connectivity index (χ0v) is 16.4. The van der Waals surface area contributed by atoms with Crippen LogP contribution in [0.4, 0.5) is 0 Å². The molecule has 28 heavy (non-hydrogen) atoms. The van der Waals surface area contributed by atoms with Crippen molar-refractivity contribution in [2.45, 2.75) is 44.8 Å². The van der Waals surface area contributed by atoms with Gasteiger partial charge in [-0.1, -0.05) is 6.07 Å². The van der Waals surface area contributed by atoms with Gasteiger partial charge in [0.05, 0.1) is 12.2 Å². The maximum atomic E-state index is 12.7. The number of pyridine rings is 1. The highest BCUT2D eigenvalue weighted by atomic mass is 16.1. The maximum Gasteiger partial charge on any atom is 0.224 e. The fourth-order valence-corrected chi connectivity index (χ4v) is 4.44. The molecule has 4 heterocycles. The predicted molar refractivity (Wildman–Crippen MR) is 107 cm³/mol. The van der Waals surface area contributed by atoms with Crippen LogP contribution in [0.3, 0.4) is 0 Å². The molecule has 150 valence electrons. The van der Waals surface area contributed by atoms with Crippen LogP contribution in [0.1, 0.15) is 36.9 Å². The SMILES string of the molecule is O=C(NCc1cccnc1)[C@H]1CCCN(C2CCN(Cc3cnc[nH]3)CC2)C1. The first-order valence-electron chi connectivity index (χ1n) is 10.4. The molecule has 0 unspecified atom stereocenters. The van der Waals surface area contributed by atoms with E-state index in [1.54, 1.807) is 12.5 Å². The van der Waals surface area contributed by atoms with Crippen molar-refractivity contribution in [1.82, 2.24) is 30.1 Å². The molecule has 0 saturated carbocycles. The molecule has 2 aliphatic heterocycles. The number of likely N-dealkylation sites (tertiary alicyclic amines) is 2. The Morgan fingerprint density at radius 1 is 1.18 bits per heavy atom. The molecule has 1 atom stereocenters. The van der Waals surface area contributed by atoms with Gasteiger partial charge in [-0.3, -0.25) is 19.6 Å². The summed E-state index contributed by atoms with van der Waals surface area (Å²) in [5.41, 5.74) is 2.23. The first-order chi connectivity index (χ1) is 13.8. The van der Waals surface area contributed by atoms with E-state index in [2.05, 4.69) is 30.1 Å². The third-order valence-electron chi connectivity index (χ3n) is 6.04. The Bertz CT molecular complexity index is 727. The molecular weight excluding hydrogens is 352 g/mol. The van der Waals surface area contributed by atoms with Crippen molar-refractivity contribution in [1.29, 1.82) is 0 Å². The first-order valence-corrected chi connectivity index (χ1v) is 10.4. The van der Waals surface area contributed by atoms with Crippen LogP contribution < -0.4 is 5.32 Å². The Balaban J connectivity index is 1.23. The van der Waals surface area contributed by atoms with Crippen molar-refractivity contribution >= 4 is 5.91 Å². The number of imidazole rings is 1. The van der Waals surface area contributed by atoms with Crippen molar-refractivity contribution in [3.05, 3.63) is 48.3 Å². The summed E-state index contributed by atoms with van der Waals surface area (Å²) in [6, 6.07) is 4.51. The number of carbonyl (C=O) groups is 1. The van der Waals surface area contributed by atoms with E-state index in [9.17, 15) is 4.79 Å². The normalized spacial score (nSPS) is 22.2. The highest BCUT2D eigenvalue weighted by Gasteiger charge is 2.31. The summed E-state index contributed by atoms with van der Waals surface area (Å²) in [4.78, 5) is 29.1. The molecule has 0 aromatic carbocycles. The predicted octanol–water partition coefficient (Wildman–Crippen LogP) is 1.80. The summed E-state index contributed by atoms with van der Waals surface area (Å²) in [5, 5.41) is 3.10. The third-order valence-corrected chi connectivity index (χ3v) is 6.04. The zero-order chi connectivity index (χ0) is 19.2. The fourth-order valence-electron chi connectivity index (χ4n) is 4.44. The molecule has 2 aromatic rings. The smallest absolute Gasteiger partial charge is 0.224 e. The number of nitrogens with one attached hydrogen (secondary N) is 2. The molecular formula is C21H30N6O. The van der Waals surface area contributed by atoms with Crippen LogP contribution in [0, 0.1) is 5.92 Å². The second-order valence-corrected chi connectivity index (χ2v) is 8.00. The molecule has 2 fully saturated rings. The Labute approximate surface area is 166 Å². The van der Waals surface area contributed by atoms with E-state index in [0.717, 1.165) is 51.1 Å². The standard InChI is InChI=1S/C21H30N6O/c28-21(24-12-17-3-1-7-22-11-17)18-4-2-8-27(14-18)20-5-9-26(10-6-20)15-19-13-23-16-25-19/h1,3,7,11,13,16,18,20H,2,4-6,8-10,12,14-15H2,(H,23,25)(H,24,28)/t18-/m0/s1. The van der Waals surface area contributed by atoms with Crippen molar-refractivity contribution in [2.24, 2.45) is 5.92 Å². The minimum atomic E-state index is 0.105. The van der Waals surface area contributed by atoms with E-state index in [4.69, 9.17) is 0 Å². The lowest BCUT2D eigenvalue weighted by Crippen LogP contribution is -2.50. The van der Waals surface area contributed by atoms with Gasteiger partial charge < -0.3 is 10.3 Å². The van der Waals surface area contributed by atoms with Gasteiger partial charge in [0, 0.05) is 63.1 Å². The average molecular weight is 383 g/mol. The molecule has 0 spiro atoms. The molecule has 2 saturated heterocycles. The number of aromatic nitrogens is 3. The van der Waals surface area contributed by atoms with Gasteiger partial charge in [-0.25, -0.2) is 4.98 Å². The molecule has 2 N–H and O–H groups in total. The number of carbonyl (C=O) groups excluding carboxylic acids is 1. The number of nitrogens with zero attached hydrogens (tertiary/aromatic N) is 4. The van der Waals surface area contributed by atoms with Crippen LogP contribution in [0.25, 0.3) is 0 Å². The number of rotatable bonds is 6. The summed E-state index contributed by atoms with van der Waals surface area (Å²) in [6.45, 7) is 5.75. The van der Waals surface area contributed by atoms with E-state index >= 15 is 0 Å². The third kappa shape index (κ3) is 4.97. The minimum absolute atomic E-state index is 0.105. The van der Waals surface area contributed by atoms with E-state index < -0.39 is 0 Å². The number of aromatic amines is 1. The van der Waals surface area contributed by atoms with Crippen molar-refractivity contribution in [3.63, 3.8) is 0 Å². The summed E-state index contributed by atoms with van der Waals surface area (Å²) < 4.78 is 0. The molecule has 2 aromatic heterocycles. The van der Waals surface area contributed by atoms with Crippen LogP contribution in [0.5, 0.6) is 0 Å². The second-order valence-electron chi connectivity index (χ2n) is 8.00. The Kier molecular flexibility index (Phi) is 6.34. The van der Waals surface area contributed by atoms with Crippen LogP contribution in [-0.4, -0.2) is 62.9 Å². The summed E-state index contributed by atoms with van der Waals surface area (Å²) in [6.07, 6.45) is 11.7. The van der Waals surface area contributed by atoms with E-state index in [1.165, 1.54) is 18.5 Å². The number of hydrogen-bond acceptors (Lipinski definition) is 5. The van der Waals surface area contributed by atoms with Gasteiger partial charge in [0.25, 0.3) is 0 Å². The lowest BCUT2D eigenvalue weighted by Gasteiger charge is -2.42. The number of piperidine rings is 2. The van der Waals surface area contributed by atoms with Crippen LogP contribution >= 0.6 is 0 Å². The van der Waals surface area contributed by atoms with Gasteiger partial charge in [0.1, 0.15) is 0 Å². The number of amides is 1. The molecule has 0 bridgehead atoms. The molecule has 2 aliphatic rings. The Morgan fingerprint density at radius 2 is 2.07 bits per heavy atom. The number of H-pyrrole nitrogens is 1. The van der Waals surface area contributed by atoms with Gasteiger partial charge in [-0.15, -0.1) is 0 Å². The first kappa shape index (κ1) is 19.1. The molecule has 0 aliphatic carbocycles. The van der Waals surface area contributed by atoms with Crippen molar-refractivity contribution in [2.75, 3.05) is 26.2 Å². The van der Waals surface area contributed by atoms with Crippen LogP contribution in [0.2, 0.25) is 0 Å². The topological polar surface area (TPSA) is 77.2 Å². The molecule has 7 nitrogen and oxygen atoms in total. The quantitative estimate of drug-likeness (QED) is 0.797. The highest BCUT2D eigenvalue weighted by Crippen LogP contribution is 2.24. The lowest BCUT2D eigenvalue weighted by molar-refractivity contribution is -0.127. The van der Waals surface area contributed by atoms with Crippen molar-refractivity contribution in [3.8, 4) is 0 Å².